The van der Waals surface area contributed by atoms with E-state index in [0.717, 1.165) is 18.2 Å². The number of nitrogens with zero attached hydrogens (tertiary/aromatic N) is 2. The first-order chi connectivity index (χ1) is 9.36. The van der Waals surface area contributed by atoms with Crippen LogP contribution in [0, 0.1) is 17.1 Å². The lowest BCUT2D eigenvalue weighted by molar-refractivity contribution is -0.134. The zero-order valence-corrected chi connectivity index (χ0v) is 10.8. The standard InChI is InChI=1S/C11H8FN3O4S/c12-8-2-1-3-9(7(8)4-13)20(18,19)15-5-10(16)14-11(17)6-15/h1-3H,5-6H2,(H,14,16,17). The number of benzene rings is 1. The molecular weight excluding hydrogens is 289 g/mol. The van der Waals surface area contributed by atoms with Crippen LogP contribution >= 0.6 is 0 Å². The SMILES string of the molecule is N#Cc1c(F)cccc1S(=O)(=O)N1CC(=O)NC(=O)C1. The molecule has 104 valence electrons. The minimum absolute atomic E-state index is 0.560. The van der Waals surface area contributed by atoms with Crippen molar-refractivity contribution in [3.63, 3.8) is 0 Å². The Kier molecular flexibility index (Phi) is 3.52. The molecule has 0 spiro atoms. The normalized spacial score (nSPS) is 16.6. The maximum Gasteiger partial charge on any atom is 0.245 e. The largest absolute Gasteiger partial charge is 0.294 e. The Labute approximate surface area is 113 Å². The average Bonchev–Trinajstić information content (AvgIpc) is 2.37. The average molecular weight is 297 g/mol. The zero-order valence-electron chi connectivity index (χ0n) is 9.96. The molecular formula is C11H8FN3O4S. The molecule has 0 radical (unpaired) electrons. The van der Waals surface area contributed by atoms with E-state index in [9.17, 15) is 22.4 Å². The molecule has 9 heteroatoms. The van der Waals surface area contributed by atoms with E-state index in [1.54, 1.807) is 0 Å². The van der Waals surface area contributed by atoms with Crippen LogP contribution in [0.4, 0.5) is 4.39 Å². The van der Waals surface area contributed by atoms with Gasteiger partial charge in [-0.05, 0) is 12.1 Å². The predicted octanol–water partition coefficient (Wildman–Crippen LogP) is -0.656. The van der Waals surface area contributed by atoms with Crippen LogP contribution in [-0.2, 0) is 19.6 Å². The summed E-state index contributed by atoms with van der Waals surface area (Å²) >= 11 is 0. The number of carbonyl (C=O) groups excluding carboxylic acids is 2. The van der Waals surface area contributed by atoms with Crippen LogP contribution in [-0.4, -0.2) is 37.6 Å². The van der Waals surface area contributed by atoms with Crippen molar-refractivity contribution in [2.45, 2.75) is 4.90 Å². The minimum atomic E-state index is -4.30. The Bertz CT molecular complexity index is 723. The van der Waals surface area contributed by atoms with Gasteiger partial charge >= 0.3 is 0 Å². The van der Waals surface area contributed by atoms with Gasteiger partial charge in [0.05, 0.1) is 13.1 Å². The molecule has 20 heavy (non-hydrogen) atoms. The Balaban J connectivity index is 2.51. The molecule has 2 amide bonds. The highest BCUT2D eigenvalue weighted by Gasteiger charge is 2.34. The van der Waals surface area contributed by atoms with Gasteiger partial charge in [0.25, 0.3) is 0 Å². The first-order valence-corrected chi connectivity index (χ1v) is 6.81. The number of rotatable bonds is 2. The maximum atomic E-state index is 13.4. The van der Waals surface area contributed by atoms with Gasteiger partial charge in [-0.1, -0.05) is 6.07 Å². The molecule has 1 aliphatic heterocycles. The molecule has 1 heterocycles. The van der Waals surface area contributed by atoms with Crippen LogP contribution < -0.4 is 5.32 Å². The van der Waals surface area contributed by atoms with Gasteiger partial charge in [-0.15, -0.1) is 0 Å². The van der Waals surface area contributed by atoms with Crippen molar-refractivity contribution in [1.29, 1.82) is 5.26 Å². The van der Waals surface area contributed by atoms with E-state index in [0.29, 0.717) is 4.31 Å². The van der Waals surface area contributed by atoms with E-state index in [4.69, 9.17) is 5.26 Å². The number of carbonyl (C=O) groups is 2. The number of amides is 2. The van der Waals surface area contributed by atoms with Crippen LogP contribution in [0.3, 0.4) is 0 Å². The van der Waals surface area contributed by atoms with Gasteiger partial charge in [0, 0.05) is 0 Å². The lowest BCUT2D eigenvalue weighted by atomic mass is 10.2. The van der Waals surface area contributed by atoms with Crippen LogP contribution in [0.5, 0.6) is 0 Å². The van der Waals surface area contributed by atoms with Gasteiger partial charge in [0.1, 0.15) is 22.3 Å². The van der Waals surface area contributed by atoms with E-state index in [1.165, 1.54) is 6.07 Å². The molecule has 0 aromatic heterocycles. The minimum Gasteiger partial charge on any atom is -0.294 e. The molecule has 1 fully saturated rings. The quantitative estimate of drug-likeness (QED) is 0.729. The number of nitriles is 1. The third-order valence-corrected chi connectivity index (χ3v) is 4.46. The third kappa shape index (κ3) is 2.38. The highest BCUT2D eigenvalue weighted by molar-refractivity contribution is 7.89. The van der Waals surface area contributed by atoms with Gasteiger partial charge in [-0.3, -0.25) is 14.9 Å². The summed E-state index contributed by atoms with van der Waals surface area (Å²) < 4.78 is 38.6. The maximum absolute atomic E-state index is 13.4. The predicted molar refractivity (Wildman–Crippen MR) is 63.0 cm³/mol. The molecule has 1 saturated heterocycles. The molecule has 1 aliphatic rings. The topological polar surface area (TPSA) is 107 Å². The van der Waals surface area contributed by atoms with E-state index >= 15 is 0 Å². The fraction of sp³-hybridized carbons (Fsp3) is 0.182. The van der Waals surface area contributed by atoms with E-state index in [1.807, 2.05) is 5.32 Å². The Hall–Kier alpha value is -2.31. The Morgan fingerprint density at radius 1 is 1.25 bits per heavy atom. The number of imide groups is 1. The number of piperazine rings is 1. The molecule has 0 atom stereocenters. The second kappa shape index (κ2) is 4.99. The highest BCUT2D eigenvalue weighted by Crippen LogP contribution is 2.22. The number of hydrogen-bond acceptors (Lipinski definition) is 5. The summed E-state index contributed by atoms with van der Waals surface area (Å²) in [7, 11) is -4.30. The Morgan fingerprint density at radius 3 is 2.40 bits per heavy atom. The summed E-state index contributed by atoms with van der Waals surface area (Å²) in [5, 5.41) is 10.8. The van der Waals surface area contributed by atoms with Crippen LogP contribution in [0.25, 0.3) is 0 Å². The van der Waals surface area contributed by atoms with Crippen molar-refractivity contribution in [3.8, 4) is 6.07 Å². The lowest BCUT2D eigenvalue weighted by Gasteiger charge is -2.25. The summed E-state index contributed by atoms with van der Waals surface area (Å²) in [4.78, 5) is 21.8. The van der Waals surface area contributed by atoms with Crippen molar-refractivity contribution in [2.75, 3.05) is 13.1 Å². The highest BCUT2D eigenvalue weighted by atomic mass is 32.2. The summed E-state index contributed by atoms with van der Waals surface area (Å²) in [6.07, 6.45) is 0. The van der Waals surface area contributed by atoms with Crippen molar-refractivity contribution >= 4 is 21.8 Å². The van der Waals surface area contributed by atoms with Crippen molar-refractivity contribution in [2.24, 2.45) is 0 Å². The molecule has 7 nitrogen and oxygen atoms in total. The van der Waals surface area contributed by atoms with Gasteiger partial charge in [0.2, 0.25) is 21.8 Å². The van der Waals surface area contributed by atoms with E-state index in [2.05, 4.69) is 0 Å². The monoisotopic (exact) mass is 297 g/mol. The van der Waals surface area contributed by atoms with Gasteiger partial charge in [-0.2, -0.15) is 9.57 Å². The lowest BCUT2D eigenvalue weighted by Crippen LogP contribution is -2.53. The molecule has 2 rings (SSSR count). The molecule has 0 aliphatic carbocycles. The van der Waals surface area contributed by atoms with Crippen LogP contribution in [0.15, 0.2) is 23.1 Å². The smallest absolute Gasteiger partial charge is 0.245 e. The van der Waals surface area contributed by atoms with Gasteiger partial charge in [0.15, 0.2) is 0 Å². The second-order valence-electron chi connectivity index (χ2n) is 3.97. The first kappa shape index (κ1) is 14.1. The van der Waals surface area contributed by atoms with E-state index < -0.39 is 51.2 Å². The summed E-state index contributed by atoms with van der Waals surface area (Å²) in [6, 6.07) is 4.60. The molecule has 0 bridgehead atoms. The second-order valence-corrected chi connectivity index (χ2v) is 5.88. The number of hydrogen-bond donors (Lipinski definition) is 1. The molecule has 0 unspecified atom stereocenters. The van der Waals surface area contributed by atoms with Crippen molar-refractivity contribution in [3.05, 3.63) is 29.6 Å². The Morgan fingerprint density at radius 2 is 1.85 bits per heavy atom. The zero-order chi connectivity index (χ0) is 14.9. The molecule has 1 aromatic rings. The van der Waals surface area contributed by atoms with Gasteiger partial charge in [-0.25, -0.2) is 12.8 Å². The fourth-order valence-electron chi connectivity index (χ4n) is 1.75. The fourth-order valence-corrected chi connectivity index (χ4v) is 3.25. The molecule has 0 saturated carbocycles. The van der Waals surface area contributed by atoms with E-state index in [-0.39, 0.29) is 0 Å². The molecule has 1 N–H and O–H groups in total. The van der Waals surface area contributed by atoms with Crippen molar-refractivity contribution < 1.29 is 22.4 Å². The first-order valence-electron chi connectivity index (χ1n) is 5.37. The number of sulfonamides is 1. The number of halogens is 1. The van der Waals surface area contributed by atoms with Crippen LogP contribution in [0.2, 0.25) is 0 Å². The summed E-state index contributed by atoms with van der Waals surface area (Å²) in [5.41, 5.74) is -0.647. The number of nitrogens with one attached hydrogen (secondary N) is 1. The summed E-state index contributed by atoms with van der Waals surface area (Å²) in [5.74, 6) is -2.54. The third-order valence-electron chi connectivity index (χ3n) is 2.62. The van der Waals surface area contributed by atoms with Crippen molar-refractivity contribution in [1.82, 2.24) is 9.62 Å². The molecule has 1 aromatic carbocycles. The van der Waals surface area contributed by atoms with Gasteiger partial charge < -0.3 is 0 Å². The summed E-state index contributed by atoms with van der Waals surface area (Å²) in [6.45, 7) is -1.12. The van der Waals surface area contributed by atoms with Crippen LogP contribution in [0.1, 0.15) is 5.56 Å².